The van der Waals surface area contributed by atoms with Crippen molar-refractivity contribution in [2.24, 2.45) is 0 Å². The van der Waals surface area contributed by atoms with E-state index in [2.05, 4.69) is 84.3 Å². The average molecular weight is 523 g/mol. The van der Waals surface area contributed by atoms with Crippen molar-refractivity contribution in [2.45, 2.75) is 45.1 Å². The van der Waals surface area contributed by atoms with Crippen molar-refractivity contribution in [3.05, 3.63) is 80.1 Å². The van der Waals surface area contributed by atoms with Crippen molar-refractivity contribution >= 4 is 62.7 Å². The molecule has 2 aromatic carbocycles. The van der Waals surface area contributed by atoms with E-state index < -0.39 is 0 Å². The van der Waals surface area contributed by atoms with Crippen molar-refractivity contribution in [3.8, 4) is 0 Å². The van der Waals surface area contributed by atoms with Crippen molar-refractivity contribution in [1.29, 1.82) is 0 Å². The first-order chi connectivity index (χ1) is 16.7. The van der Waals surface area contributed by atoms with Gasteiger partial charge < -0.3 is 5.73 Å². The van der Waals surface area contributed by atoms with Crippen LogP contribution in [0.25, 0.3) is 21.8 Å². The van der Waals surface area contributed by atoms with Gasteiger partial charge in [0.2, 0.25) is 5.95 Å². The zero-order valence-corrected chi connectivity index (χ0v) is 22.2. The maximum Gasteiger partial charge on any atom is 0.223 e. The maximum absolute atomic E-state index is 6.58. The van der Waals surface area contributed by atoms with Crippen LogP contribution in [0.3, 0.4) is 0 Å². The summed E-state index contributed by atoms with van der Waals surface area (Å²) >= 11 is 14.6. The lowest BCUT2D eigenvalue weighted by Gasteiger charge is -2.12. The fraction of sp³-hybridized carbons (Fsp3) is 0.231. The lowest BCUT2D eigenvalue weighted by molar-refractivity contribution is 0.715. The first-order valence-electron chi connectivity index (χ1n) is 11.1. The number of thioether (sulfide) groups is 1. The van der Waals surface area contributed by atoms with Crippen molar-refractivity contribution in [2.75, 3.05) is 5.73 Å². The van der Waals surface area contributed by atoms with Gasteiger partial charge >= 0.3 is 0 Å². The monoisotopic (exact) mass is 522 g/mol. The number of anilines is 1. The third-order valence-electron chi connectivity index (χ3n) is 6.51. The summed E-state index contributed by atoms with van der Waals surface area (Å²) in [6.07, 6.45) is 0. The molecule has 0 fully saturated rings. The maximum atomic E-state index is 6.58. The topological polar surface area (TPSA) is 82.5 Å². The summed E-state index contributed by atoms with van der Waals surface area (Å²) in [5, 5.41) is 12.1. The Bertz CT molecular complexity index is 1610. The number of hydrogen-bond acceptors (Lipinski definition) is 6. The fourth-order valence-electron chi connectivity index (χ4n) is 4.09. The van der Waals surface area contributed by atoms with E-state index in [-0.39, 0.29) is 0 Å². The number of nitrogens with two attached hydrogens (primary N) is 1. The van der Waals surface area contributed by atoms with Crippen LogP contribution < -0.4 is 5.73 Å². The lowest BCUT2D eigenvalue weighted by Crippen LogP contribution is -2.07. The van der Waals surface area contributed by atoms with Gasteiger partial charge in [-0.05, 0) is 62.1 Å². The molecule has 0 bridgehead atoms. The van der Waals surface area contributed by atoms with Gasteiger partial charge in [-0.1, -0.05) is 59.2 Å². The lowest BCUT2D eigenvalue weighted by atomic mass is 10.0. The number of nitrogens with zero attached hydrogens (tertiary/aromatic N) is 5. The number of pyridine rings is 2. The van der Waals surface area contributed by atoms with Gasteiger partial charge in [0, 0.05) is 27.7 Å². The molecule has 178 valence electrons. The predicted octanol–water partition coefficient (Wildman–Crippen LogP) is 6.84. The Kier molecular flexibility index (Phi) is 6.34. The molecule has 0 radical (unpaired) electrons. The van der Waals surface area contributed by atoms with Crippen molar-refractivity contribution in [1.82, 2.24) is 24.7 Å². The predicted molar refractivity (Wildman–Crippen MR) is 146 cm³/mol. The Labute approximate surface area is 217 Å². The van der Waals surface area contributed by atoms with E-state index in [0.717, 1.165) is 44.1 Å². The van der Waals surface area contributed by atoms with Gasteiger partial charge in [0.15, 0.2) is 5.16 Å². The minimum Gasteiger partial charge on any atom is -0.368 e. The van der Waals surface area contributed by atoms with Crippen molar-refractivity contribution < 1.29 is 0 Å². The van der Waals surface area contributed by atoms with Gasteiger partial charge in [0.05, 0.1) is 17.6 Å². The number of fused-ring (bicyclic) bond motifs is 2. The summed E-state index contributed by atoms with van der Waals surface area (Å²) < 4.78 is 1.84. The van der Waals surface area contributed by atoms with Crippen LogP contribution in [0.15, 0.2) is 41.6 Å². The second-order valence-electron chi connectivity index (χ2n) is 8.75. The average Bonchev–Trinajstić information content (AvgIpc) is 3.18. The normalized spacial score (nSPS) is 11.6. The number of nitrogen functional groups attached to an aromatic ring is 1. The summed E-state index contributed by atoms with van der Waals surface area (Å²) in [6.45, 7) is 8.68. The number of aryl methyl sites for hydroxylation is 4. The number of halogens is 2. The van der Waals surface area contributed by atoms with Gasteiger partial charge in [-0.15, -0.1) is 10.2 Å². The minimum absolute atomic E-state index is 0.317. The smallest absolute Gasteiger partial charge is 0.223 e. The molecule has 0 amide bonds. The Morgan fingerprint density at radius 1 is 0.800 bits per heavy atom. The standard InChI is InChI=1S/C26H24Cl2N6S/c1-13-5-7-17-9-19(23(27)30-21(17)15(13)3)11-34-25(29)32-33-26(34)35-12-20-10-18-8-6-14(2)16(4)22(18)31-24(20)28/h5-10H,11-12H2,1-4H3,(H2,29,32). The molecular weight excluding hydrogens is 499 g/mol. The Morgan fingerprint density at radius 2 is 1.34 bits per heavy atom. The molecule has 2 N–H and O–H groups in total. The molecule has 9 heteroatoms. The molecule has 0 spiro atoms. The molecule has 5 rings (SSSR count). The fourth-order valence-corrected chi connectivity index (χ4v) is 5.49. The minimum atomic E-state index is 0.317. The molecule has 35 heavy (non-hydrogen) atoms. The number of benzene rings is 2. The van der Waals surface area contributed by atoms with Crippen LogP contribution in [0.4, 0.5) is 5.95 Å². The van der Waals surface area contributed by atoms with Crippen LogP contribution in [0.2, 0.25) is 10.3 Å². The Morgan fingerprint density at radius 3 is 1.94 bits per heavy atom. The highest BCUT2D eigenvalue weighted by Crippen LogP contribution is 2.31. The van der Waals surface area contributed by atoms with E-state index in [9.17, 15) is 0 Å². The summed E-state index contributed by atoms with van der Waals surface area (Å²) in [5.41, 5.74) is 14.4. The quantitative estimate of drug-likeness (QED) is 0.201. The Hall–Kier alpha value is -2.87. The van der Waals surface area contributed by atoms with Crippen LogP contribution in [-0.2, 0) is 12.3 Å². The second-order valence-corrected chi connectivity index (χ2v) is 10.4. The molecule has 0 aliphatic carbocycles. The molecule has 0 atom stereocenters. The molecular formula is C26H24Cl2N6S. The molecule has 0 aliphatic heterocycles. The zero-order chi connectivity index (χ0) is 24.9. The number of aromatic nitrogens is 5. The molecule has 3 heterocycles. The van der Waals surface area contributed by atoms with E-state index >= 15 is 0 Å². The van der Waals surface area contributed by atoms with Crippen molar-refractivity contribution in [3.63, 3.8) is 0 Å². The van der Waals surface area contributed by atoms with Gasteiger partial charge in [-0.2, -0.15) is 0 Å². The molecule has 0 aliphatic rings. The van der Waals surface area contributed by atoms with Gasteiger partial charge in [-0.3, -0.25) is 4.57 Å². The van der Waals surface area contributed by atoms with Crippen LogP contribution in [0.1, 0.15) is 33.4 Å². The molecule has 0 saturated carbocycles. The van der Waals surface area contributed by atoms with E-state index in [1.165, 1.54) is 22.9 Å². The summed E-state index contributed by atoms with van der Waals surface area (Å²) in [7, 11) is 0. The van der Waals surface area contributed by atoms with Crippen LogP contribution in [0, 0.1) is 27.7 Å². The second kappa shape index (κ2) is 9.30. The third-order valence-corrected chi connectivity index (χ3v) is 8.18. The highest BCUT2D eigenvalue weighted by molar-refractivity contribution is 7.98. The van der Waals surface area contributed by atoms with Crippen LogP contribution in [0.5, 0.6) is 0 Å². The largest absolute Gasteiger partial charge is 0.368 e. The zero-order valence-electron chi connectivity index (χ0n) is 19.9. The number of hydrogen-bond donors (Lipinski definition) is 1. The SMILES string of the molecule is Cc1ccc2cc(CSc3nnc(N)n3Cc3cc4ccc(C)c(C)c4nc3Cl)c(Cl)nc2c1C. The Balaban J connectivity index is 1.43. The van der Waals surface area contributed by atoms with Gasteiger partial charge in [0.1, 0.15) is 10.3 Å². The molecule has 0 saturated heterocycles. The molecule has 5 aromatic rings. The molecule has 0 unspecified atom stereocenters. The first-order valence-corrected chi connectivity index (χ1v) is 12.9. The highest BCUT2D eigenvalue weighted by atomic mass is 35.5. The van der Waals surface area contributed by atoms with Gasteiger partial charge in [0.25, 0.3) is 0 Å². The summed E-state index contributed by atoms with van der Waals surface area (Å²) in [6, 6.07) is 12.5. The van der Waals surface area contributed by atoms with Gasteiger partial charge in [-0.25, -0.2) is 9.97 Å². The molecule has 6 nitrogen and oxygen atoms in total. The first kappa shape index (κ1) is 23.9. The summed E-state index contributed by atoms with van der Waals surface area (Å²) in [5.74, 6) is 0.896. The van der Waals surface area contributed by atoms with Crippen LogP contribution in [-0.4, -0.2) is 24.7 Å². The van der Waals surface area contributed by atoms with E-state index in [0.29, 0.717) is 33.7 Å². The summed E-state index contributed by atoms with van der Waals surface area (Å²) in [4.78, 5) is 9.32. The third kappa shape index (κ3) is 4.44. The van der Waals surface area contributed by atoms with E-state index in [4.69, 9.17) is 28.9 Å². The van der Waals surface area contributed by atoms with E-state index in [1.54, 1.807) is 0 Å². The van der Waals surface area contributed by atoms with E-state index in [1.807, 2.05) is 4.57 Å². The molecule has 3 aromatic heterocycles. The van der Waals surface area contributed by atoms with Crippen LogP contribution >= 0.6 is 35.0 Å². The number of rotatable bonds is 5. The highest BCUT2D eigenvalue weighted by Gasteiger charge is 2.16.